The fourth-order valence-electron chi connectivity index (χ4n) is 3.59. The summed E-state index contributed by atoms with van der Waals surface area (Å²) >= 11 is 0. The second kappa shape index (κ2) is 8.42. The van der Waals surface area contributed by atoms with Crippen LogP contribution in [0.1, 0.15) is 22.9 Å². The molecule has 33 heavy (non-hydrogen) atoms. The number of benzene rings is 2. The number of rotatable bonds is 4. The third-order valence-electron chi connectivity index (χ3n) is 5.09. The van der Waals surface area contributed by atoms with E-state index in [0.717, 1.165) is 22.6 Å². The summed E-state index contributed by atoms with van der Waals surface area (Å²) in [6, 6.07) is 15.1. The third kappa shape index (κ3) is 4.43. The zero-order chi connectivity index (χ0) is 23.8. The summed E-state index contributed by atoms with van der Waals surface area (Å²) in [5.74, 6) is -2.72. The lowest BCUT2D eigenvalue weighted by Gasteiger charge is -2.24. The largest absolute Gasteiger partial charge is 0.573 e. The Hall–Kier alpha value is -4.14. The molecule has 1 aliphatic heterocycles. The smallest absolute Gasteiger partial charge is 0.507 e. The Morgan fingerprint density at radius 1 is 1.00 bits per heavy atom. The molecule has 0 bridgehead atoms. The van der Waals surface area contributed by atoms with Gasteiger partial charge in [-0.3, -0.25) is 19.5 Å². The minimum atomic E-state index is -4.87. The molecule has 1 aliphatic rings. The Morgan fingerprint density at radius 2 is 1.67 bits per heavy atom. The molecule has 0 radical (unpaired) electrons. The Bertz CT molecular complexity index is 1220. The van der Waals surface area contributed by atoms with Gasteiger partial charge >= 0.3 is 6.36 Å². The van der Waals surface area contributed by atoms with E-state index in [1.807, 2.05) is 6.92 Å². The number of aliphatic hydroxyl groups is 1. The van der Waals surface area contributed by atoms with Crippen LogP contribution in [0, 0.1) is 6.92 Å². The molecule has 6 nitrogen and oxygen atoms in total. The lowest BCUT2D eigenvalue weighted by atomic mass is 9.97. The molecule has 1 aromatic heterocycles. The predicted molar refractivity (Wildman–Crippen MR) is 113 cm³/mol. The number of aryl methyl sites for hydroxylation is 1. The highest BCUT2D eigenvalue weighted by molar-refractivity contribution is 6.51. The molecule has 4 rings (SSSR count). The van der Waals surface area contributed by atoms with Gasteiger partial charge < -0.3 is 9.84 Å². The second-order valence-electron chi connectivity index (χ2n) is 7.33. The van der Waals surface area contributed by atoms with Gasteiger partial charge in [-0.15, -0.1) is 13.2 Å². The number of hydrogen-bond donors (Lipinski definition) is 1. The minimum absolute atomic E-state index is 0.144. The van der Waals surface area contributed by atoms with E-state index in [9.17, 15) is 27.9 Å². The number of ketones is 1. The van der Waals surface area contributed by atoms with Crippen molar-refractivity contribution in [3.05, 3.63) is 95.3 Å². The Balaban J connectivity index is 1.83. The lowest BCUT2D eigenvalue weighted by Crippen LogP contribution is -2.29. The molecule has 0 saturated carbocycles. The molecule has 2 heterocycles. The highest BCUT2D eigenvalue weighted by atomic mass is 19.4. The molecule has 1 amide bonds. The number of anilines is 1. The molecule has 0 spiro atoms. The molecule has 0 aliphatic carbocycles. The summed E-state index contributed by atoms with van der Waals surface area (Å²) in [6.45, 7) is 1.86. The van der Waals surface area contributed by atoms with Crippen molar-refractivity contribution < 1.29 is 32.6 Å². The highest BCUT2D eigenvalue weighted by Crippen LogP contribution is 2.42. The molecule has 9 heteroatoms. The number of pyridine rings is 1. The quantitative estimate of drug-likeness (QED) is 0.344. The van der Waals surface area contributed by atoms with Crippen LogP contribution in [-0.2, 0) is 9.59 Å². The van der Waals surface area contributed by atoms with Crippen molar-refractivity contribution in [2.75, 3.05) is 4.90 Å². The zero-order valence-electron chi connectivity index (χ0n) is 17.2. The first-order chi connectivity index (χ1) is 15.7. The Kier molecular flexibility index (Phi) is 5.63. The fraction of sp³-hybridized carbons (Fsp3) is 0.125. The van der Waals surface area contributed by atoms with Crippen molar-refractivity contribution in [2.45, 2.75) is 19.3 Å². The first-order valence-electron chi connectivity index (χ1n) is 9.80. The number of aliphatic hydroxyl groups excluding tert-OH is 1. The van der Waals surface area contributed by atoms with Crippen LogP contribution in [0.5, 0.6) is 5.75 Å². The number of nitrogens with zero attached hydrogens (tertiary/aromatic N) is 2. The maximum Gasteiger partial charge on any atom is 0.573 e. The van der Waals surface area contributed by atoms with Gasteiger partial charge in [0.25, 0.3) is 11.7 Å². The topological polar surface area (TPSA) is 79.7 Å². The number of alkyl halides is 3. The normalized spacial score (nSPS) is 17.9. The average molecular weight is 454 g/mol. The van der Waals surface area contributed by atoms with Gasteiger partial charge in [0.2, 0.25) is 0 Å². The van der Waals surface area contributed by atoms with Gasteiger partial charge in [-0.1, -0.05) is 35.9 Å². The summed E-state index contributed by atoms with van der Waals surface area (Å²) < 4.78 is 41.4. The minimum Gasteiger partial charge on any atom is -0.507 e. The lowest BCUT2D eigenvalue weighted by molar-refractivity contribution is -0.274. The molecule has 1 unspecified atom stereocenters. The van der Waals surface area contributed by atoms with Crippen molar-refractivity contribution >= 4 is 23.1 Å². The summed E-state index contributed by atoms with van der Waals surface area (Å²) in [5, 5.41) is 11.0. The Morgan fingerprint density at radius 3 is 2.24 bits per heavy atom. The van der Waals surface area contributed by atoms with Crippen LogP contribution in [0.3, 0.4) is 0 Å². The predicted octanol–water partition coefficient (Wildman–Crippen LogP) is 4.91. The van der Waals surface area contributed by atoms with Crippen LogP contribution in [0.4, 0.5) is 18.9 Å². The van der Waals surface area contributed by atoms with E-state index < -0.39 is 29.8 Å². The van der Waals surface area contributed by atoms with Crippen LogP contribution in [0.15, 0.2) is 78.5 Å². The molecule has 1 saturated heterocycles. The molecule has 3 aromatic rings. The number of Topliss-reactive ketones (excluding diaryl/α,β-unsaturated/α-hetero) is 1. The summed E-state index contributed by atoms with van der Waals surface area (Å²) in [6.07, 6.45) is -3.39. The highest BCUT2D eigenvalue weighted by Gasteiger charge is 2.47. The number of aromatic nitrogens is 1. The van der Waals surface area contributed by atoms with E-state index in [-0.39, 0.29) is 17.0 Å². The number of hydrogen-bond acceptors (Lipinski definition) is 5. The number of ether oxygens (including phenoxy) is 1. The maximum absolute atomic E-state index is 13.0. The van der Waals surface area contributed by atoms with E-state index in [1.54, 1.807) is 42.5 Å². The van der Waals surface area contributed by atoms with Gasteiger partial charge in [0.1, 0.15) is 17.6 Å². The van der Waals surface area contributed by atoms with E-state index in [4.69, 9.17) is 0 Å². The van der Waals surface area contributed by atoms with E-state index in [2.05, 4.69) is 9.72 Å². The maximum atomic E-state index is 13.0. The van der Waals surface area contributed by atoms with Crippen LogP contribution in [-0.4, -0.2) is 28.1 Å². The summed E-state index contributed by atoms with van der Waals surface area (Å²) in [7, 11) is 0. The van der Waals surface area contributed by atoms with Crippen molar-refractivity contribution in [3.8, 4) is 5.75 Å². The van der Waals surface area contributed by atoms with Crippen LogP contribution in [0.25, 0.3) is 5.76 Å². The van der Waals surface area contributed by atoms with Crippen molar-refractivity contribution in [2.24, 2.45) is 0 Å². The Labute approximate surface area is 186 Å². The van der Waals surface area contributed by atoms with Gasteiger partial charge in [0.05, 0.1) is 11.3 Å². The second-order valence-corrected chi connectivity index (χ2v) is 7.33. The number of carbonyl (C=O) groups is 2. The molecule has 1 fully saturated rings. The van der Waals surface area contributed by atoms with Crippen LogP contribution >= 0.6 is 0 Å². The molecule has 168 valence electrons. The first kappa shape index (κ1) is 22.1. The molecular formula is C24H17F3N2O4. The zero-order valence-corrected chi connectivity index (χ0v) is 17.2. The molecule has 1 atom stereocenters. The molecule has 1 N–H and O–H groups in total. The van der Waals surface area contributed by atoms with Crippen LogP contribution in [0.2, 0.25) is 0 Å². The monoisotopic (exact) mass is 454 g/mol. The van der Waals surface area contributed by atoms with Gasteiger partial charge in [-0.05, 0) is 43.3 Å². The van der Waals surface area contributed by atoms with Crippen molar-refractivity contribution in [1.29, 1.82) is 0 Å². The molecule has 2 aromatic carbocycles. The average Bonchev–Trinajstić information content (AvgIpc) is 3.04. The first-order valence-corrected chi connectivity index (χ1v) is 9.80. The fourth-order valence-corrected chi connectivity index (χ4v) is 3.59. The van der Waals surface area contributed by atoms with Gasteiger partial charge in [-0.2, -0.15) is 0 Å². The van der Waals surface area contributed by atoms with Gasteiger partial charge in [0, 0.05) is 17.4 Å². The number of amides is 1. The van der Waals surface area contributed by atoms with Gasteiger partial charge in [-0.25, -0.2) is 0 Å². The van der Waals surface area contributed by atoms with E-state index >= 15 is 0 Å². The number of halogens is 3. The summed E-state index contributed by atoms with van der Waals surface area (Å²) in [4.78, 5) is 31.3. The van der Waals surface area contributed by atoms with Crippen LogP contribution < -0.4 is 9.64 Å². The summed E-state index contributed by atoms with van der Waals surface area (Å²) in [5.41, 5.74) is 1.56. The number of carbonyl (C=O) groups excluding carboxylic acids is 2. The standard InChI is InChI=1S/C24H17F3N2O4/c1-14-5-7-15(8-6-14)21(30)19-20(18-4-2-3-13-28-18)29(23(32)22(19)31)16-9-11-17(12-10-16)33-24(25,26)27/h2-13,20,30H,1H3/b21-19-. The van der Waals surface area contributed by atoms with E-state index in [1.165, 1.54) is 18.3 Å². The third-order valence-corrected chi connectivity index (χ3v) is 5.09. The van der Waals surface area contributed by atoms with E-state index in [0.29, 0.717) is 11.3 Å². The SMILES string of the molecule is Cc1ccc(/C(O)=C2/C(=O)C(=O)N(c3ccc(OC(F)(F)F)cc3)C2c2ccccn2)cc1. The van der Waals surface area contributed by atoms with Crippen molar-refractivity contribution in [3.63, 3.8) is 0 Å². The van der Waals surface area contributed by atoms with Crippen molar-refractivity contribution in [1.82, 2.24) is 4.98 Å². The van der Waals surface area contributed by atoms with Gasteiger partial charge in [0.15, 0.2) is 0 Å². The molecular weight excluding hydrogens is 437 g/mol.